The number of hydrogen-bond donors (Lipinski definition) is 2. The fraction of sp³-hybridized carbons (Fsp3) is 0.350. The van der Waals surface area contributed by atoms with Crippen LogP contribution >= 0.6 is 27.3 Å². The molecule has 6 rings (SSSR count). The Morgan fingerprint density at radius 2 is 1.74 bits per heavy atom. The van der Waals surface area contributed by atoms with Crippen LogP contribution in [0.3, 0.4) is 0 Å². The molecule has 54 heavy (non-hydrogen) atoms. The molecule has 14 heteroatoms. The topological polar surface area (TPSA) is 141 Å². The van der Waals surface area contributed by atoms with Crippen molar-refractivity contribution in [3.8, 4) is 33.1 Å². The summed E-state index contributed by atoms with van der Waals surface area (Å²) in [6, 6.07) is 17.9. The third kappa shape index (κ3) is 9.59. The molecule has 0 radical (unpaired) electrons. The lowest BCUT2D eigenvalue weighted by Crippen LogP contribution is -2.58. The maximum Gasteiger partial charge on any atom is 0.246 e. The van der Waals surface area contributed by atoms with E-state index in [0.29, 0.717) is 31.7 Å². The highest BCUT2D eigenvalue weighted by atomic mass is 79.9. The van der Waals surface area contributed by atoms with E-state index in [4.69, 9.17) is 14.6 Å². The van der Waals surface area contributed by atoms with Gasteiger partial charge in [-0.25, -0.2) is 9.67 Å². The molecule has 5 aromatic rings. The summed E-state index contributed by atoms with van der Waals surface area (Å²) in [6.07, 6.45) is 6.63. The Hall–Kier alpha value is -4.92. The number of pyridine rings is 1. The third-order valence-electron chi connectivity index (χ3n) is 9.14. The summed E-state index contributed by atoms with van der Waals surface area (Å²) >= 11 is 5.19. The molecule has 0 aliphatic carbocycles. The van der Waals surface area contributed by atoms with E-state index in [0.717, 1.165) is 43.1 Å². The highest BCUT2D eigenvalue weighted by molar-refractivity contribution is 9.10. The predicted molar refractivity (Wildman–Crippen MR) is 211 cm³/mol. The van der Waals surface area contributed by atoms with E-state index in [1.54, 1.807) is 33.3 Å². The number of aromatic nitrogens is 4. The number of hydrogen-bond acceptors (Lipinski definition) is 9. The standard InChI is InChI=1S/C40H44BrN7O5S/c1-26-36(54-25-44-26)29-9-7-27(8-10-29)22-43-38(50)33-6-5-19-47(33)39(51)37(40(2,3)4)45-34(49)24-52-20-21-53-31-13-11-30(12-14-31)48-23-32(41)35(46-48)28-15-17-42-18-16-28/h7-18,23,25,33,37H,5-6,19-22,24H2,1-4H3,(H,43,50)(H,45,49). The minimum Gasteiger partial charge on any atom is -0.491 e. The Labute approximate surface area is 327 Å². The van der Waals surface area contributed by atoms with Gasteiger partial charge < -0.3 is 25.0 Å². The van der Waals surface area contributed by atoms with Gasteiger partial charge in [0.25, 0.3) is 0 Å². The van der Waals surface area contributed by atoms with Crippen LogP contribution in [0.4, 0.5) is 0 Å². The van der Waals surface area contributed by atoms with Gasteiger partial charge in [0.05, 0.1) is 32.8 Å². The van der Waals surface area contributed by atoms with E-state index in [2.05, 4.69) is 36.5 Å². The van der Waals surface area contributed by atoms with Crippen LogP contribution in [0.5, 0.6) is 5.75 Å². The van der Waals surface area contributed by atoms with Crippen molar-refractivity contribution in [1.29, 1.82) is 0 Å². The molecule has 3 amide bonds. The number of benzene rings is 2. The van der Waals surface area contributed by atoms with Crippen molar-refractivity contribution in [2.75, 3.05) is 26.4 Å². The minimum atomic E-state index is -0.837. The van der Waals surface area contributed by atoms with Crippen molar-refractivity contribution in [3.63, 3.8) is 0 Å². The summed E-state index contributed by atoms with van der Waals surface area (Å²) in [5, 5.41) is 10.6. The number of carbonyl (C=O) groups is 3. The van der Waals surface area contributed by atoms with Crippen LogP contribution in [0.25, 0.3) is 27.4 Å². The Balaban J connectivity index is 0.947. The maximum atomic E-state index is 13.9. The average molecular weight is 815 g/mol. The second-order valence-electron chi connectivity index (χ2n) is 14.1. The number of aryl methyl sites for hydroxylation is 1. The third-order valence-corrected chi connectivity index (χ3v) is 10.7. The van der Waals surface area contributed by atoms with Gasteiger partial charge in [-0.1, -0.05) is 45.0 Å². The lowest BCUT2D eigenvalue weighted by molar-refractivity contribution is -0.144. The summed E-state index contributed by atoms with van der Waals surface area (Å²) in [5.74, 6) is -0.249. The van der Waals surface area contributed by atoms with Gasteiger partial charge in [-0.05, 0) is 88.6 Å². The molecule has 2 N–H and O–H groups in total. The zero-order valence-electron chi connectivity index (χ0n) is 30.8. The lowest BCUT2D eigenvalue weighted by atomic mass is 9.85. The van der Waals surface area contributed by atoms with Gasteiger partial charge in [0.1, 0.15) is 36.7 Å². The quantitative estimate of drug-likeness (QED) is 0.124. The molecular weight excluding hydrogens is 770 g/mol. The first-order valence-electron chi connectivity index (χ1n) is 17.8. The van der Waals surface area contributed by atoms with Crippen molar-refractivity contribution in [2.45, 2.75) is 59.2 Å². The summed E-state index contributed by atoms with van der Waals surface area (Å²) in [6.45, 7) is 8.63. The molecular formula is C40H44BrN7O5S. The number of ether oxygens (including phenoxy) is 2. The fourth-order valence-corrected chi connectivity index (χ4v) is 7.56. The number of nitrogens with one attached hydrogen (secondary N) is 2. The summed E-state index contributed by atoms with van der Waals surface area (Å²) in [7, 11) is 0. The van der Waals surface area contributed by atoms with Crippen LogP contribution in [0.1, 0.15) is 44.9 Å². The number of nitrogens with zero attached hydrogens (tertiary/aromatic N) is 5. The van der Waals surface area contributed by atoms with E-state index < -0.39 is 23.4 Å². The number of thiazole rings is 1. The number of rotatable bonds is 14. The molecule has 1 aliphatic heterocycles. The normalized spacial score (nSPS) is 14.8. The monoisotopic (exact) mass is 813 g/mol. The first-order valence-corrected chi connectivity index (χ1v) is 19.5. The van der Waals surface area contributed by atoms with Crippen molar-refractivity contribution in [1.82, 2.24) is 35.3 Å². The zero-order chi connectivity index (χ0) is 38.2. The van der Waals surface area contributed by atoms with Crippen LogP contribution in [0.15, 0.2) is 89.2 Å². The lowest BCUT2D eigenvalue weighted by Gasteiger charge is -2.35. The van der Waals surface area contributed by atoms with Gasteiger partial charge in [0.2, 0.25) is 17.7 Å². The van der Waals surface area contributed by atoms with Crippen molar-refractivity contribution >= 4 is 45.0 Å². The molecule has 0 spiro atoms. The van der Waals surface area contributed by atoms with E-state index in [1.807, 2.05) is 100 Å². The Bertz CT molecular complexity index is 2050. The molecule has 2 atom stereocenters. The van der Waals surface area contributed by atoms with E-state index in [1.165, 1.54) is 0 Å². The van der Waals surface area contributed by atoms with E-state index in [9.17, 15) is 14.4 Å². The highest BCUT2D eigenvalue weighted by Gasteiger charge is 2.41. The maximum absolute atomic E-state index is 13.9. The SMILES string of the molecule is Cc1ncsc1-c1ccc(CNC(=O)C2CCCN2C(=O)C(NC(=O)COCCOc2ccc(-n3cc(Br)c(-c4ccncc4)n3)cc2)C(C)(C)C)cc1. The fourth-order valence-electron chi connectivity index (χ4n) is 6.25. The Morgan fingerprint density at radius 1 is 1.00 bits per heavy atom. The Kier molecular flexibility index (Phi) is 12.6. The summed E-state index contributed by atoms with van der Waals surface area (Å²) in [4.78, 5) is 51.3. The molecule has 12 nitrogen and oxygen atoms in total. The largest absolute Gasteiger partial charge is 0.491 e. The Morgan fingerprint density at radius 3 is 2.43 bits per heavy atom. The van der Waals surface area contributed by atoms with Crippen LogP contribution in [-0.2, 0) is 25.7 Å². The smallest absolute Gasteiger partial charge is 0.246 e. The van der Waals surface area contributed by atoms with Gasteiger partial charge in [-0.3, -0.25) is 19.4 Å². The van der Waals surface area contributed by atoms with Crippen molar-refractivity contribution in [3.05, 3.63) is 100 Å². The van der Waals surface area contributed by atoms with Crippen LogP contribution in [0, 0.1) is 12.3 Å². The molecule has 3 aromatic heterocycles. The molecule has 282 valence electrons. The zero-order valence-corrected chi connectivity index (χ0v) is 33.2. The van der Waals surface area contributed by atoms with Gasteiger partial charge in [0.15, 0.2) is 0 Å². The van der Waals surface area contributed by atoms with E-state index in [-0.39, 0.29) is 31.6 Å². The number of carbonyl (C=O) groups excluding carboxylic acids is 3. The molecule has 0 bridgehead atoms. The molecule has 1 fully saturated rings. The van der Waals surface area contributed by atoms with Gasteiger partial charge in [-0.2, -0.15) is 5.10 Å². The summed E-state index contributed by atoms with van der Waals surface area (Å²) in [5.41, 5.74) is 6.91. The van der Waals surface area contributed by atoms with Gasteiger partial charge in [0, 0.05) is 37.2 Å². The molecule has 4 heterocycles. The average Bonchev–Trinajstić information content (AvgIpc) is 3.93. The second-order valence-corrected chi connectivity index (χ2v) is 15.8. The molecule has 2 unspecified atom stereocenters. The van der Waals surface area contributed by atoms with Crippen LogP contribution in [0.2, 0.25) is 0 Å². The first kappa shape index (κ1) is 38.8. The molecule has 2 aromatic carbocycles. The van der Waals surface area contributed by atoms with Crippen LogP contribution < -0.4 is 15.4 Å². The van der Waals surface area contributed by atoms with Crippen molar-refractivity contribution < 1.29 is 23.9 Å². The molecule has 1 saturated heterocycles. The number of likely N-dealkylation sites (tertiary alicyclic amines) is 1. The number of amides is 3. The van der Waals surface area contributed by atoms with Gasteiger partial charge >= 0.3 is 0 Å². The summed E-state index contributed by atoms with van der Waals surface area (Å²) < 4.78 is 14.1. The first-order chi connectivity index (χ1) is 26.0. The molecule has 0 saturated carbocycles. The van der Waals surface area contributed by atoms with Crippen molar-refractivity contribution in [2.24, 2.45) is 5.41 Å². The highest BCUT2D eigenvalue weighted by Crippen LogP contribution is 2.30. The molecule has 1 aliphatic rings. The van der Waals surface area contributed by atoms with Gasteiger partial charge in [-0.15, -0.1) is 11.3 Å². The van der Waals surface area contributed by atoms with Crippen LogP contribution in [-0.4, -0.2) is 80.8 Å². The number of halogens is 1. The second kappa shape index (κ2) is 17.5. The van der Waals surface area contributed by atoms with E-state index >= 15 is 0 Å². The minimum absolute atomic E-state index is 0.173. The predicted octanol–water partition coefficient (Wildman–Crippen LogP) is 6.36.